The molecule has 0 radical (unpaired) electrons. The van der Waals surface area contributed by atoms with E-state index in [2.05, 4.69) is 29.6 Å². The first-order valence-corrected chi connectivity index (χ1v) is 10.7. The van der Waals surface area contributed by atoms with Crippen LogP contribution in [0.2, 0.25) is 0 Å². The SMILES string of the molecule is COc1ccc(C2CCNCC2)cc1C=C1CCCCCC1.O=C(O)C=CC(=O)O. The molecule has 1 aromatic carbocycles. The van der Waals surface area contributed by atoms with E-state index in [1.165, 1.54) is 62.5 Å². The van der Waals surface area contributed by atoms with Crippen molar-refractivity contribution >= 4 is 18.0 Å². The Morgan fingerprint density at radius 1 is 1.00 bits per heavy atom. The van der Waals surface area contributed by atoms with E-state index < -0.39 is 11.9 Å². The van der Waals surface area contributed by atoms with Gasteiger partial charge in [0.15, 0.2) is 0 Å². The first-order valence-electron chi connectivity index (χ1n) is 10.7. The lowest BCUT2D eigenvalue weighted by molar-refractivity contribution is -0.134. The number of carbonyl (C=O) groups is 2. The summed E-state index contributed by atoms with van der Waals surface area (Å²) in [5.41, 5.74) is 4.39. The summed E-state index contributed by atoms with van der Waals surface area (Å²) >= 11 is 0. The molecule has 0 aromatic heterocycles. The molecule has 30 heavy (non-hydrogen) atoms. The van der Waals surface area contributed by atoms with E-state index in [9.17, 15) is 9.59 Å². The van der Waals surface area contributed by atoms with Gasteiger partial charge in [-0.3, -0.25) is 0 Å². The lowest BCUT2D eigenvalue weighted by Gasteiger charge is -2.23. The minimum absolute atomic E-state index is 0.558. The van der Waals surface area contributed by atoms with Crippen LogP contribution in [-0.2, 0) is 9.59 Å². The molecule has 6 nitrogen and oxygen atoms in total. The molecule has 1 heterocycles. The van der Waals surface area contributed by atoms with Crippen LogP contribution in [0.25, 0.3) is 6.08 Å². The van der Waals surface area contributed by atoms with Gasteiger partial charge < -0.3 is 20.3 Å². The van der Waals surface area contributed by atoms with Crippen molar-refractivity contribution in [2.45, 2.75) is 57.3 Å². The molecule has 2 fully saturated rings. The highest BCUT2D eigenvalue weighted by Gasteiger charge is 2.16. The van der Waals surface area contributed by atoms with Gasteiger partial charge in [-0.2, -0.15) is 0 Å². The predicted octanol–water partition coefficient (Wildman–Crippen LogP) is 4.61. The van der Waals surface area contributed by atoms with Gasteiger partial charge in [0.1, 0.15) is 5.75 Å². The third-order valence-electron chi connectivity index (χ3n) is 5.54. The summed E-state index contributed by atoms with van der Waals surface area (Å²) < 4.78 is 5.60. The Hall–Kier alpha value is -2.60. The van der Waals surface area contributed by atoms with Crippen molar-refractivity contribution in [2.24, 2.45) is 0 Å². The van der Waals surface area contributed by atoms with Crippen LogP contribution in [0.5, 0.6) is 5.75 Å². The van der Waals surface area contributed by atoms with Crippen LogP contribution in [0, 0.1) is 0 Å². The average Bonchev–Trinajstić information content (AvgIpc) is 3.02. The molecular weight excluding hydrogens is 382 g/mol. The second-order valence-electron chi connectivity index (χ2n) is 7.75. The number of hydrogen-bond donors (Lipinski definition) is 3. The van der Waals surface area contributed by atoms with Crippen LogP contribution in [0.15, 0.2) is 35.9 Å². The zero-order valence-corrected chi connectivity index (χ0v) is 17.7. The first kappa shape index (κ1) is 23.7. The summed E-state index contributed by atoms with van der Waals surface area (Å²) in [6.07, 6.45) is 14.0. The van der Waals surface area contributed by atoms with Gasteiger partial charge in [-0.15, -0.1) is 0 Å². The molecule has 0 bridgehead atoms. The normalized spacial score (nSPS) is 17.6. The van der Waals surface area contributed by atoms with E-state index in [1.54, 1.807) is 12.7 Å². The third-order valence-corrected chi connectivity index (χ3v) is 5.54. The minimum Gasteiger partial charge on any atom is -0.496 e. The Balaban J connectivity index is 0.000000343. The number of benzene rings is 1. The fourth-order valence-corrected chi connectivity index (χ4v) is 3.96. The molecule has 0 spiro atoms. The minimum atomic E-state index is -1.26. The molecule has 6 heteroatoms. The average molecular weight is 416 g/mol. The number of rotatable bonds is 5. The van der Waals surface area contributed by atoms with Gasteiger partial charge in [-0.25, -0.2) is 9.59 Å². The fraction of sp³-hybridized carbons (Fsp3) is 0.500. The highest BCUT2D eigenvalue weighted by molar-refractivity contribution is 5.89. The standard InChI is InChI=1S/C20H29NO.C4H4O4/c1-22-20-9-8-18(17-10-12-21-13-11-17)15-19(20)14-16-6-4-2-3-5-7-16;5-3(6)1-2-4(7)8/h8-9,14-15,17,21H,2-7,10-13H2,1H3;1-2H,(H,5,6)(H,7,8). The molecule has 1 saturated heterocycles. The van der Waals surface area contributed by atoms with Gasteiger partial charge in [-0.05, 0) is 75.2 Å². The van der Waals surface area contributed by atoms with Crippen molar-refractivity contribution < 1.29 is 24.5 Å². The number of allylic oxidation sites excluding steroid dienone is 1. The van der Waals surface area contributed by atoms with E-state index in [4.69, 9.17) is 14.9 Å². The Kier molecular flexibility index (Phi) is 10.1. The van der Waals surface area contributed by atoms with Gasteiger partial charge in [0.25, 0.3) is 0 Å². The molecule has 1 aliphatic carbocycles. The van der Waals surface area contributed by atoms with Crippen molar-refractivity contribution in [1.29, 1.82) is 0 Å². The van der Waals surface area contributed by atoms with E-state index in [-0.39, 0.29) is 0 Å². The lowest BCUT2D eigenvalue weighted by atomic mass is 9.88. The van der Waals surface area contributed by atoms with Gasteiger partial charge in [0.2, 0.25) is 0 Å². The number of piperidine rings is 1. The molecule has 1 saturated carbocycles. The van der Waals surface area contributed by atoms with Crippen LogP contribution in [0.4, 0.5) is 0 Å². The molecule has 164 valence electrons. The van der Waals surface area contributed by atoms with Crippen LogP contribution >= 0.6 is 0 Å². The molecule has 1 aliphatic heterocycles. The molecule has 0 unspecified atom stereocenters. The Morgan fingerprint density at radius 3 is 2.13 bits per heavy atom. The van der Waals surface area contributed by atoms with E-state index in [1.807, 2.05) is 0 Å². The Morgan fingerprint density at radius 2 is 1.60 bits per heavy atom. The maximum Gasteiger partial charge on any atom is 0.328 e. The molecule has 0 atom stereocenters. The van der Waals surface area contributed by atoms with Crippen LogP contribution in [-0.4, -0.2) is 42.4 Å². The molecule has 0 amide bonds. The van der Waals surface area contributed by atoms with Gasteiger partial charge in [0.05, 0.1) is 7.11 Å². The molecule has 1 aromatic rings. The van der Waals surface area contributed by atoms with E-state index in [0.29, 0.717) is 18.1 Å². The summed E-state index contributed by atoms with van der Waals surface area (Å²) in [6.45, 7) is 2.29. The maximum absolute atomic E-state index is 9.55. The van der Waals surface area contributed by atoms with Gasteiger partial charge in [-0.1, -0.05) is 30.6 Å². The fourth-order valence-electron chi connectivity index (χ4n) is 3.96. The molecule has 3 rings (SSSR count). The highest BCUT2D eigenvalue weighted by Crippen LogP contribution is 2.32. The summed E-state index contributed by atoms with van der Waals surface area (Å²) in [6, 6.07) is 6.82. The predicted molar refractivity (Wildman–Crippen MR) is 118 cm³/mol. The summed E-state index contributed by atoms with van der Waals surface area (Å²) in [5, 5.41) is 19.1. The summed E-state index contributed by atoms with van der Waals surface area (Å²) in [5.74, 6) is -0.785. The Bertz CT molecular complexity index is 737. The third kappa shape index (κ3) is 8.41. The van der Waals surface area contributed by atoms with Gasteiger partial charge in [0, 0.05) is 17.7 Å². The van der Waals surface area contributed by atoms with Crippen molar-refractivity contribution in [1.82, 2.24) is 5.32 Å². The lowest BCUT2D eigenvalue weighted by Crippen LogP contribution is -2.26. The monoisotopic (exact) mass is 415 g/mol. The van der Waals surface area contributed by atoms with Crippen molar-refractivity contribution in [2.75, 3.05) is 20.2 Å². The number of aliphatic carboxylic acids is 2. The number of ether oxygens (including phenoxy) is 1. The second kappa shape index (κ2) is 12.9. The zero-order chi connectivity index (χ0) is 21.8. The molecular formula is C24H33NO5. The first-order chi connectivity index (χ1) is 14.5. The largest absolute Gasteiger partial charge is 0.496 e. The summed E-state index contributed by atoms with van der Waals surface area (Å²) in [7, 11) is 1.79. The van der Waals surface area contributed by atoms with Crippen molar-refractivity contribution in [3.05, 3.63) is 47.1 Å². The summed E-state index contributed by atoms with van der Waals surface area (Å²) in [4.78, 5) is 19.1. The number of carboxylic acid groups (broad SMARTS) is 2. The quantitative estimate of drug-likeness (QED) is 0.480. The molecule has 2 aliphatic rings. The van der Waals surface area contributed by atoms with Crippen LogP contribution in [0.3, 0.4) is 0 Å². The topological polar surface area (TPSA) is 95.9 Å². The maximum atomic E-state index is 9.55. The number of methoxy groups -OCH3 is 1. The van der Waals surface area contributed by atoms with E-state index in [0.717, 1.165) is 18.8 Å². The second-order valence-corrected chi connectivity index (χ2v) is 7.75. The van der Waals surface area contributed by atoms with Gasteiger partial charge >= 0.3 is 11.9 Å². The van der Waals surface area contributed by atoms with E-state index >= 15 is 0 Å². The smallest absolute Gasteiger partial charge is 0.328 e. The number of hydrogen-bond acceptors (Lipinski definition) is 4. The Labute approximate surface area is 178 Å². The van der Waals surface area contributed by atoms with Crippen LogP contribution in [0.1, 0.15) is 68.4 Å². The molecule has 3 N–H and O–H groups in total. The number of carboxylic acids is 2. The number of nitrogens with one attached hydrogen (secondary N) is 1. The zero-order valence-electron chi connectivity index (χ0n) is 17.7. The van der Waals surface area contributed by atoms with Crippen molar-refractivity contribution in [3.63, 3.8) is 0 Å². The van der Waals surface area contributed by atoms with Crippen molar-refractivity contribution in [3.8, 4) is 5.75 Å². The van der Waals surface area contributed by atoms with Crippen LogP contribution < -0.4 is 10.1 Å². The highest BCUT2D eigenvalue weighted by atomic mass is 16.5.